The first-order valence-corrected chi connectivity index (χ1v) is 9.57. The smallest absolute Gasteiger partial charge is 0.235 e. The van der Waals surface area contributed by atoms with Gasteiger partial charge in [-0.1, -0.05) is 35.1 Å². The monoisotopic (exact) mass is 450 g/mol. The number of halogens is 2. The van der Waals surface area contributed by atoms with E-state index in [9.17, 15) is 0 Å². The highest BCUT2D eigenvalue weighted by molar-refractivity contribution is 9.10. The summed E-state index contributed by atoms with van der Waals surface area (Å²) < 4.78 is 13.6. The highest BCUT2D eigenvalue weighted by atomic mass is 79.9. The van der Waals surface area contributed by atoms with Gasteiger partial charge >= 0.3 is 0 Å². The molecule has 0 atom stereocenters. The first-order valence-electron chi connectivity index (χ1n) is 7.58. The highest BCUT2D eigenvalue weighted by Gasteiger charge is 2.15. The molecule has 6 nitrogen and oxygen atoms in total. The van der Waals surface area contributed by atoms with Crippen molar-refractivity contribution < 1.29 is 9.47 Å². The van der Waals surface area contributed by atoms with Crippen molar-refractivity contribution in [1.82, 2.24) is 19.8 Å². The molecule has 0 saturated heterocycles. The van der Waals surface area contributed by atoms with E-state index in [0.29, 0.717) is 28.2 Å². The summed E-state index contributed by atoms with van der Waals surface area (Å²) in [5.74, 6) is 2.03. The minimum absolute atomic E-state index is 0.309. The summed E-state index contributed by atoms with van der Waals surface area (Å²) in [5, 5.41) is 14.3. The molecule has 0 amide bonds. The summed E-state index contributed by atoms with van der Waals surface area (Å²) in [4.78, 5) is 0.699. The van der Waals surface area contributed by atoms with Crippen LogP contribution in [-0.2, 0) is 6.61 Å². The van der Waals surface area contributed by atoms with E-state index in [4.69, 9.17) is 21.1 Å². The predicted octanol–water partition coefficient (Wildman–Crippen LogP) is 4.86. The van der Waals surface area contributed by atoms with Crippen molar-refractivity contribution in [2.75, 3.05) is 7.11 Å². The fourth-order valence-corrected chi connectivity index (χ4v) is 3.88. The highest BCUT2D eigenvalue weighted by Crippen LogP contribution is 2.31. The predicted molar refractivity (Wildman–Crippen MR) is 104 cm³/mol. The molecule has 0 fully saturated rings. The molecule has 0 aliphatic heterocycles. The average molecular weight is 452 g/mol. The molecule has 0 unspecified atom stereocenters. The zero-order chi connectivity index (χ0) is 18.1. The Morgan fingerprint density at radius 1 is 1.15 bits per heavy atom. The van der Waals surface area contributed by atoms with Crippen LogP contribution in [0.25, 0.3) is 16.3 Å². The van der Waals surface area contributed by atoms with Crippen LogP contribution in [-0.4, -0.2) is 26.9 Å². The maximum Gasteiger partial charge on any atom is 0.235 e. The fourth-order valence-electron chi connectivity index (χ4n) is 2.40. The lowest BCUT2D eigenvalue weighted by molar-refractivity contribution is 0.304. The molecule has 0 radical (unpaired) electrons. The Labute approximate surface area is 166 Å². The Balaban J connectivity index is 1.61. The number of fused-ring (bicyclic) bond motifs is 1. The van der Waals surface area contributed by atoms with Gasteiger partial charge < -0.3 is 9.47 Å². The molecule has 26 heavy (non-hydrogen) atoms. The zero-order valence-electron chi connectivity index (χ0n) is 13.5. The number of nitrogens with zero attached hydrogens (tertiary/aromatic N) is 4. The third kappa shape index (κ3) is 3.27. The first kappa shape index (κ1) is 17.3. The van der Waals surface area contributed by atoms with Crippen LogP contribution in [0, 0.1) is 0 Å². The van der Waals surface area contributed by atoms with Gasteiger partial charge in [0.1, 0.15) is 18.1 Å². The molecular weight excluding hydrogens is 440 g/mol. The van der Waals surface area contributed by atoms with Gasteiger partial charge in [0.15, 0.2) is 10.8 Å². The van der Waals surface area contributed by atoms with Gasteiger partial charge in [0.05, 0.1) is 16.6 Å². The second-order valence-corrected chi connectivity index (χ2v) is 7.58. The third-order valence-corrected chi connectivity index (χ3v) is 5.43. The molecule has 2 aromatic heterocycles. The summed E-state index contributed by atoms with van der Waals surface area (Å²) in [6, 6.07) is 13.1. The van der Waals surface area contributed by atoms with Crippen LogP contribution in [0.15, 0.2) is 46.9 Å². The van der Waals surface area contributed by atoms with Crippen molar-refractivity contribution in [3.63, 3.8) is 0 Å². The Morgan fingerprint density at radius 2 is 2.00 bits per heavy atom. The molecule has 9 heteroatoms. The summed E-state index contributed by atoms with van der Waals surface area (Å²) in [5.41, 5.74) is 0.883. The van der Waals surface area contributed by atoms with E-state index < -0.39 is 0 Å². The topological polar surface area (TPSA) is 61.5 Å². The van der Waals surface area contributed by atoms with Crippen molar-refractivity contribution in [2.24, 2.45) is 0 Å². The molecule has 0 saturated carbocycles. The van der Waals surface area contributed by atoms with Gasteiger partial charge in [-0.25, -0.2) is 0 Å². The number of ether oxygens (including phenoxy) is 2. The van der Waals surface area contributed by atoms with E-state index in [0.717, 1.165) is 20.8 Å². The maximum absolute atomic E-state index is 6.11. The van der Waals surface area contributed by atoms with Gasteiger partial charge in [-0.05, 0) is 46.3 Å². The van der Waals surface area contributed by atoms with Crippen LogP contribution in [0.5, 0.6) is 11.5 Å². The van der Waals surface area contributed by atoms with Crippen LogP contribution in [0.4, 0.5) is 0 Å². The van der Waals surface area contributed by atoms with Crippen LogP contribution in [0.2, 0.25) is 5.02 Å². The lowest BCUT2D eigenvalue weighted by Crippen LogP contribution is -1.98. The van der Waals surface area contributed by atoms with Crippen LogP contribution < -0.4 is 9.47 Å². The molecule has 132 valence electrons. The summed E-state index contributed by atoms with van der Waals surface area (Å²) in [6.07, 6.45) is 0. The minimum atomic E-state index is 0.309. The first-order chi connectivity index (χ1) is 12.7. The number of para-hydroxylation sites is 1. The van der Waals surface area contributed by atoms with Gasteiger partial charge in [0.2, 0.25) is 4.96 Å². The minimum Gasteiger partial charge on any atom is -0.496 e. The number of hydrogen-bond donors (Lipinski definition) is 0. The summed E-state index contributed by atoms with van der Waals surface area (Å²) >= 11 is 11.0. The van der Waals surface area contributed by atoms with Gasteiger partial charge in [-0.3, -0.25) is 0 Å². The van der Waals surface area contributed by atoms with Gasteiger partial charge in [-0.15, -0.1) is 10.2 Å². The van der Waals surface area contributed by atoms with E-state index in [1.807, 2.05) is 36.4 Å². The van der Waals surface area contributed by atoms with Crippen molar-refractivity contribution >= 4 is 43.8 Å². The standard InChI is InChI=1S/C17H12BrClN4O2S/c1-24-13-7-6-10(8-11(13)18)16-20-21-17-23(16)22-15(26-17)9-25-14-5-3-2-4-12(14)19/h2-8H,9H2,1H3. The molecule has 0 aliphatic carbocycles. The normalized spacial score (nSPS) is 11.0. The van der Waals surface area contributed by atoms with E-state index in [1.165, 1.54) is 11.3 Å². The SMILES string of the molecule is COc1ccc(-c2nnc3sc(COc4ccccc4Cl)nn23)cc1Br. The lowest BCUT2D eigenvalue weighted by Gasteiger charge is -2.05. The molecule has 0 bridgehead atoms. The number of rotatable bonds is 5. The molecular formula is C17H12BrClN4O2S. The van der Waals surface area contributed by atoms with Gasteiger partial charge in [0.25, 0.3) is 0 Å². The molecule has 4 rings (SSSR count). The van der Waals surface area contributed by atoms with Crippen molar-refractivity contribution in [3.8, 4) is 22.9 Å². The molecule has 2 heterocycles. The van der Waals surface area contributed by atoms with E-state index in [-0.39, 0.29) is 0 Å². The number of aromatic nitrogens is 4. The summed E-state index contributed by atoms with van der Waals surface area (Å²) in [6.45, 7) is 0.309. The average Bonchev–Trinajstić information content (AvgIpc) is 3.21. The van der Waals surface area contributed by atoms with E-state index in [2.05, 4.69) is 31.2 Å². The second-order valence-electron chi connectivity index (χ2n) is 5.28. The number of benzene rings is 2. The Morgan fingerprint density at radius 3 is 2.77 bits per heavy atom. The van der Waals surface area contributed by atoms with E-state index in [1.54, 1.807) is 17.7 Å². The summed E-state index contributed by atoms with van der Waals surface area (Å²) in [7, 11) is 1.63. The van der Waals surface area contributed by atoms with E-state index >= 15 is 0 Å². The van der Waals surface area contributed by atoms with Gasteiger partial charge in [0, 0.05) is 5.56 Å². The van der Waals surface area contributed by atoms with Gasteiger partial charge in [-0.2, -0.15) is 9.61 Å². The van der Waals surface area contributed by atoms with Crippen LogP contribution in [0.3, 0.4) is 0 Å². The quantitative estimate of drug-likeness (QED) is 0.434. The Bertz CT molecular complexity index is 1080. The molecule has 0 N–H and O–H groups in total. The van der Waals surface area contributed by atoms with Crippen molar-refractivity contribution in [3.05, 3.63) is 57.0 Å². The molecule has 4 aromatic rings. The number of methoxy groups -OCH3 is 1. The van der Waals surface area contributed by atoms with Crippen LogP contribution in [0.1, 0.15) is 5.01 Å². The molecule has 2 aromatic carbocycles. The largest absolute Gasteiger partial charge is 0.496 e. The molecule has 0 aliphatic rings. The Kier molecular flexibility index (Phi) is 4.80. The van der Waals surface area contributed by atoms with Crippen molar-refractivity contribution in [1.29, 1.82) is 0 Å². The number of hydrogen-bond acceptors (Lipinski definition) is 6. The maximum atomic E-state index is 6.11. The molecule has 0 spiro atoms. The third-order valence-electron chi connectivity index (χ3n) is 3.63. The zero-order valence-corrected chi connectivity index (χ0v) is 16.7. The van der Waals surface area contributed by atoms with Crippen LogP contribution >= 0.6 is 38.9 Å². The Hall–Kier alpha value is -2.16. The fraction of sp³-hybridized carbons (Fsp3) is 0.118. The second kappa shape index (κ2) is 7.22. The lowest BCUT2D eigenvalue weighted by atomic mass is 10.2. The van der Waals surface area contributed by atoms with Crippen molar-refractivity contribution in [2.45, 2.75) is 6.61 Å².